The van der Waals surface area contributed by atoms with E-state index in [1.807, 2.05) is 0 Å². The summed E-state index contributed by atoms with van der Waals surface area (Å²) in [5, 5.41) is 0. The van der Waals surface area contributed by atoms with Crippen LogP contribution in [0.15, 0.2) is 36.4 Å². The summed E-state index contributed by atoms with van der Waals surface area (Å²) >= 11 is 5.88. The van der Waals surface area contributed by atoms with Gasteiger partial charge in [-0.2, -0.15) is 0 Å². The molecule has 0 aliphatic heterocycles. The van der Waals surface area contributed by atoms with Crippen molar-refractivity contribution in [3.63, 3.8) is 0 Å². The van der Waals surface area contributed by atoms with Crippen LogP contribution in [-0.4, -0.2) is 16.7 Å². The van der Waals surface area contributed by atoms with Crippen molar-refractivity contribution in [2.75, 3.05) is 7.11 Å². The minimum absolute atomic E-state index is 0.0851. The Hall–Kier alpha value is -2.14. The third kappa shape index (κ3) is 2.34. The quantitative estimate of drug-likeness (QED) is 0.683. The van der Waals surface area contributed by atoms with E-state index in [4.69, 9.17) is 16.3 Å². The molecule has 21 heavy (non-hydrogen) atoms. The van der Waals surface area contributed by atoms with Gasteiger partial charge in [-0.3, -0.25) is 4.57 Å². The van der Waals surface area contributed by atoms with Crippen molar-refractivity contribution < 1.29 is 13.5 Å². The second kappa shape index (κ2) is 5.33. The first-order valence-electron chi connectivity index (χ1n) is 6.21. The standard InChI is InChI=1S/C15H11ClF2N2O/c1-21-11-4-2-10(3-5-11)20-13-7-9(17)6-12(18)15(13)19-14(20)8-16/h2-7H,8H2,1H3. The summed E-state index contributed by atoms with van der Waals surface area (Å²) in [5.41, 5.74) is 1.15. The molecule has 0 atom stereocenters. The minimum atomic E-state index is -0.705. The van der Waals surface area contributed by atoms with Gasteiger partial charge in [-0.1, -0.05) is 0 Å². The van der Waals surface area contributed by atoms with Crippen molar-refractivity contribution in [2.45, 2.75) is 5.88 Å². The van der Waals surface area contributed by atoms with Crippen LogP contribution in [0.5, 0.6) is 5.75 Å². The topological polar surface area (TPSA) is 27.1 Å². The van der Waals surface area contributed by atoms with Crippen LogP contribution in [0.25, 0.3) is 16.7 Å². The Bertz CT molecular complexity index is 800. The predicted molar refractivity (Wildman–Crippen MR) is 77.1 cm³/mol. The molecule has 0 saturated carbocycles. The number of rotatable bonds is 3. The van der Waals surface area contributed by atoms with Crippen LogP contribution in [-0.2, 0) is 5.88 Å². The van der Waals surface area contributed by atoms with Gasteiger partial charge in [-0.05, 0) is 24.3 Å². The second-order valence-electron chi connectivity index (χ2n) is 4.45. The van der Waals surface area contributed by atoms with E-state index in [9.17, 15) is 8.78 Å². The molecule has 3 nitrogen and oxygen atoms in total. The molecule has 0 fully saturated rings. The van der Waals surface area contributed by atoms with E-state index in [0.29, 0.717) is 22.8 Å². The first-order chi connectivity index (χ1) is 10.1. The summed E-state index contributed by atoms with van der Waals surface area (Å²) in [6.07, 6.45) is 0. The molecule has 0 bridgehead atoms. The van der Waals surface area contributed by atoms with Gasteiger partial charge in [0.05, 0.1) is 18.5 Å². The summed E-state index contributed by atoms with van der Waals surface area (Å²) in [6.45, 7) is 0. The van der Waals surface area contributed by atoms with Crippen LogP contribution < -0.4 is 4.74 Å². The highest BCUT2D eigenvalue weighted by Gasteiger charge is 2.16. The maximum absolute atomic E-state index is 13.8. The Morgan fingerprint density at radius 3 is 2.52 bits per heavy atom. The smallest absolute Gasteiger partial charge is 0.153 e. The van der Waals surface area contributed by atoms with Crippen molar-refractivity contribution in [3.05, 3.63) is 53.9 Å². The molecular weight excluding hydrogens is 298 g/mol. The monoisotopic (exact) mass is 308 g/mol. The molecule has 0 aliphatic rings. The van der Waals surface area contributed by atoms with Gasteiger partial charge in [0, 0.05) is 17.8 Å². The summed E-state index contributed by atoms with van der Waals surface area (Å²) in [6, 6.07) is 9.12. The molecule has 108 valence electrons. The number of benzene rings is 2. The first-order valence-corrected chi connectivity index (χ1v) is 6.74. The number of methoxy groups -OCH3 is 1. The van der Waals surface area contributed by atoms with E-state index in [2.05, 4.69) is 4.98 Å². The fourth-order valence-corrected chi connectivity index (χ4v) is 2.44. The fourth-order valence-electron chi connectivity index (χ4n) is 2.26. The number of hydrogen-bond acceptors (Lipinski definition) is 2. The molecule has 0 N–H and O–H groups in total. The molecule has 0 unspecified atom stereocenters. The maximum Gasteiger partial charge on any atom is 0.153 e. The fraction of sp³-hybridized carbons (Fsp3) is 0.133. The van der Waals surface area contributed by atoms with Crippen molar-refractivity contribution in [3.8, 4) is 11.4 Å². The summed E-state index contributed by atoms with van der Waals surface area (Å²) < 4.78 is 34.1. The molecule has 0 radical (unpaired) electrons. The third-order valence-electron chi connectivity index (χ3n) is 3.20. The number of nitrogens with zero attached hydrogens (tertiary/aromatic N) is 2. The van der Waals surface area contributed by atoms with Crippen LogP contribution in [0.3, 0.4) is 0 Å². The Morgan fingerprint density at radius 1 is 1.19 bits per heavy atom. The van der Waals surface area contributed by atoms with Crippen molar-refractivity contribution in [2.24, 2.45) is 0 Å². The predicted octanol–water partition coefficient (Wildman–Crippen LogP) is 4.05. The molecule has 0 amide bonds. The first kappa shape index (κ1) is 13.8. The number of halogens is 3. The minimum Gasteiger partial charge on any atom is -0.497 e. The number of ether oxygens (including phenoxy) is 1. The van der Waals surface area contributed by atoms with Gasteiger partial charge in [-0.15, -0.1) is 11.6 Å². The number of alkyl halides is 1. The van der Waals surface area contributed by atoms with Crippen LogP contribution in [0, 0.1) is 11.6 Å². The van der Waals surface area contributed by atoms with Gasteiger partial charge in [-0.25, -0.2) is 13.8 Å². The molecule has 0 spiro atoms. The van der Waals surface area contributed by atoms with E-state index in [0.717, 1.165) is 6.07 Å². The van der Waals surface area contributed by atoms with Gasteiger partial charge in [0.2, 0.25) is 0 Å². The van der Waals surface area contributed by atoms with Gasteiger partial charge in [0.15, 0.2) is 5.82 Å². The number of fused-ring (bicyclic) bond motifs is 1. The summed E-state index contributed by atoms with van der Waals surface area (Å²) in [7, 11) is 1.57. The van der Waals surface area contributed by atoms with Crippen LogP contribution in [0.2, 0.25) is 0 Å². The Morgan fingerprint density at radius 2 is 1.90 bits per heavy atom. The highest BCUT2D eigenvalue weighted by atomic mass is 35.5. The van der Waals surface area contributed by atoms with Crippen LogP contribution in [0.1, 0.15) is 5.82 Å². The highest BCUT2D eigenvalue weighted by molar-refractivity contribution is 6.17. The SMILES string of the molecule is COc1ccc(-n2c(CCl)nc3c(F)cc(F)cc32)cc1. The van der Waals surface area contributed by atoms with E-state index < -0.39 is 11.6 Å². The molecule has 1 heterocycles. The molecule has 0 saturated heterocycles. The molecule has 1 aromatic heterocycles. The third-order valence-corrected chi connectivity index (χ3v) is 3.44. The van der Waals surface area contributed by atoms with Crippen molar-refractivity contribution in [1.29, 1.82) is 0 Å². The summed E-state index contributed by atoms with van der Waals surface area (Å²) in [4.78, 5) is 4.15. The van der Waals surface area contributed by atoms with Gasteiger partial charge < -0.3 is 4.74 Å². The largest absolute Gasteiger partial charge is 0.497 e. The number of imidazole rings is 1. The van der Waals surface area contributed by atoms with Gasteiger partial charge in [0.1, 0.15) is 22.9 Å². The molecule has 2 aromatic carbocycles. The zero-order valence-electron chi connectivity index (χ0n) is 11.1. The van der Waals surface area contributed by atoms with Crippen molar-refractivity contribution >= 4 is 22.6 Å². The number of hydrogen-bond donors (Lipinski definition) is 0. The van der Waals surface area contributed by atoms with Gasteiger partial charge >= 0.3 is 0 Å². The Kier molecular flexibility index (Phi) is 3.51. The van der Waals surface area contributed by atoms with E-state index >= 15 is 0 Å². The van der Waals surface area contributed by atoms with Crippen LogP contribution in [0.4, 0.5) is 8.78 Å². The van der Waals surface area contributed by atoms with Crippen molar-refractivity contribution in [1.82, 2.24) is 9.55 Å². The van der Waals surface area contributed by atoms with E-state index in [1.54, 1.807) is 35.9 Å². The molecular formula is C15H11ClF2N2O. The Labute approximate surface area is 124 Å². The highest BCUT2D eigenvalue weighted by Crippen LogP contribution is 2.26. The zero-order valence-corrected chi connectivity index (χ0v) is 11.9. The lowest BCUT2D eigenvalue weighted by atomic mass is 10.2. The van der Waals surface area contributed by atoms with E-state index in [-0.39, 0.29) is 11.4 Å². The average molecular weight is 309 g/mol. The number of aromatic nitrogens is 2. The Balaban J connectivity index is 2.28. The van der Waals surface area contributed by atoms with Gasteiger partial charge in [0.25, 0.3) is 0 Å². The molecule has 6 heteroatoms. The lowest BCUT2D eigenvalue weighted by Crippen LogP contribution is -1.99. The molecule has 3 rings (SSSR count). The summed E-state index contributed by atoms with van der Waals surface area (Å²) in [5.74, 6) is -0.143. The lowest BCUT2D eigenvalue weighted by Gasteiger charge is -2.08. The van der Waals surface area contributed by atoms with Crippen LogP contribution >= 0.6 is 11.6 Å². The zero-order chi connectivity index (χ0) is 15.0. The second-order valence-corrected chi connectivity index (χ2v) is 4.72. The van der Waals surface area contributed by atoms with E-state index in [1.165, 1.54) is 6.07 Å². The lowest BCUT2D eigenvalue weighted by molar-refractivity contribution is 0.414. The molecule has 0 aliphatic carbocycles. The average Bonchev–Trinajstić information content (AvgIpc) is 2.86. The normalized spacial score (nSPS) is 11.0. The molecule has 3 aromatic rings. The maximum atomic E-state index is 13.8.